The van der Waals surface area contributed by atoms with Gasteiger partial charge in [-0.25, -0.2) is 0 Å². The fraction of sp³-hybridized carbons (Fsp3) is 0.487. The van der Waals surface area contributed by atoms with Crippen LogP contribution in [0.2, 0.25) is 0 Å². The molecule has 3 aromatic carbocycles. The highest BCUT2D eigenvalue weighted by atomic mass is 16.5. The van der Waals surface area contributed by atoms with Crippen LogP contribution in [-0.2, 0) is 12.0 Å². The number of ether oxygens (including phenoxy) is 1. The van der Waals surface area contributed by atoms with Crippen molar-refractivity contribution >= 4 is 11.8 Å². The van der Waals surface area contributed by atoms with Crippen LogP contribution in [0.5, 0.6) is 5.75 Å². The molecule has 0 aromatic heterocycles. The van der Waals surface area contributed by atoms with Crippen molar-refractivity contribution in [3.05, 3.63) is 101 Å². The van der Waals surface area contributed by atoms with E-state index in [1.54, 1.807) is 31.4 Å². The van der Waals surface area contributed by atoms with Gasteiger partial charge in [0.05, 0.1) is 19.3 Å². The van der Waals surface area contributed by atoms with Gasteiger partial charge in [0.1, 0.15) is 5.75 Å². The Bertz CT molecular complexity index is 1400. The highest BCUT2D eigenvalue weighted by Crippen LogP contribution is 2.38. The van der Waals surface area contributed by atoms with Gasteiger partial charge in [0, 0.05) is 35.3 Å². The number of benzene rings is 3. The van der Waals surface area contributed by atoms with Gasteiger partial charge in [-0.15, -0.1) is 0 Å². The molecule has 7 nitrogen and oxygen atoms in total. The van der Waals surface area contributed by atoms with Crippen molar-refractivity contribution in [1.82, 2.24) is 15.5 Å². The third-order valence-corrected chi connectivity index (χ3v) is 9.80. The first-order chi connectivity index (χ1) is 22.2. The molecule has 2 amide bonds. The number of aliphatic hydroxyl groups excluding tert-OH is 1. The van der Waals surface area contributed by atoms with Gasteiger partial charge in [-0.05, 0) is 87.4 Å². The average Bonchev–Trinajstić information content (AvgIpc) is 3.10. The second-order valence-corrected chi connectivity index (χ2v) is 12.9. The summed E-state index contributed by atoms with van der Waals surface area (Å²) in [5.41, 5.74) is 2.80. The van der Waals surface area contributed by atoms with Gasteiger partial charge in [-0.1, -0.05) is 81.6 Å². The maximum Gasteiger partial charge on any atom is 0.254 e. The van der Waals surface area contributed by atoms with Crippen molar-refractivity contribution in [1.29, 1.82) is 0 Å². The maximum atomic E-state index is 13.8. The zero-order valence-corrected chi connectivity index (χ0v) is 28.3. The minimum atomic E-state index is -0.857. The lowest BCUT2D eigenvalue weighted by Crippen LogP contribution is -2.53. The van der Waals surface area contributed by atoms with Crippen LogP contribution in [0.1, 0.15) is 104 Å². The first-order valence-electron chi connectivity index (χ1n) is 17.1. The lowest BCUT2D eigenvalue weighted by atomic mass is 9.76. The summed E-state index contributed by atoms with van der Waals surface area (Å²) in [6.07, 6.45) is 6.64. The van der Waals surface area contributed by atoms with E-state index in [2.05, 4.69) is 50.5 Å². The summed E-state index contributed by atoms with van der Waals surface area (Å²) >= 11 is 0. The molecule has 1 saturated carbocycles. The smallest absolute Gasteiger partial charge is 0.254 e. The molecule has 4 rings (SSSR count). The zero-order chi connectivity index (χ0) is 33.1. The largest absolute Gasteiger partial charge is 0.497 e. The quantitative estimate of drug-likeness (QED) is 0.171. The summed E-state index contributed by atoms with van der Waals surface area (Å²) in [6.45, 7) is 8.60. The molecule has 0 heterocycles. The van der Waals surface area contributed by atoms with E-state index in [-0.39, 0.29) is 29.4 Å². The minimum Gasteiger partial charge on any atom is -0.497 e. The predicted octanol–water partition coefficient (Wildman–Crippen LogP) is 6.89. The number of hydrogen-bond donors (Lipinski definition) is 3. The molecule has 46 heavy (non-hydrogen) atoms. The molecular formula is C39H53N3O4. The van der Waals surface area contributed by atoms with Gasteiger partial charge in [0.2, 0.25) is 0 Å². The second-order valence-electron chi connectivity index (χ2n) is 12.9. The normalized spacial score (nSPS) is 16.9. The van der Waals surface area contributed by atoms with Crippen LogP contribution in [0.25, 0.3) is 0 Å². The van der Waals surface area contributed by atoms with E-state index in [1.807, 2.05) is 47.4 Å². The Morgan fingerprint density at radius 3 is 2.17 bits per heavy atom. The van der Waals surface area contributed by atoms with Crippen LogP contribution in [0.4, 0.5) is 0 Å². The highest BCUT2D eigenvalue weighted by molar-refractivity contribution is 6.00. The lowest BCUT2D eigenvalue weighted by Gasteiger charge is -2.40. The van der Waals surface area contributed by atoms with E-state index in [0.717, 1.165) is 55.4 Å². The molecule has 0 spiro atoms. The number of carbonyl (C=O) groups excluding carboxylic acids is 2. The number of carbonyl (C=O) groups is 2. The van der Waals surface area contributed by atoms with Gasteiger partial charge in [-0.3, -0.25) is 9.59 Å². The molecule has 248 valence electrons. The van der Waals surface area contributed by atoms with Gasteiger partial charge in [-0.2, -0.15) is 0 Å². The van der Waals surface area contributed by atoms with Gasteiger partial charge >= 0.3 is 0 Å². The maximum absolute atomic E-state index is 13.8. The SMILES string of the molecule is CCC(C)N(C(=O)c1cccc(C(=O)N[C@H](Cc2ccccc2)[C@H](O)CNC2(c3cccc(OC)c3)CCCCC2)c1)C(C)CC. The highest BCUT2D eigenvalue weighted by Gasteiger charge is 2.35. The van der Waals surface area contributed by atoms with E-state index in [9.17, 15) is 14.7 Å². The van der Waals surface area contributed by atoms with Crippen molar-refractivity contribution in [2.75, 3.05) is 13.7 Å². The average molecular weight is 628 g/mol. The number of amides is 2. The summed E-state index contributed by atoms with van der Waals surface area (Å²) in [5.74, 6) is 0.434. The van der Waals surface area contributed by atoms with Crippen molar-refractivity contribution < 1.29 is 19.4 Å². The number of nitrogens with zero attached hydrogens (tertiary/aromatic N) is 1. The predicted molar refractivity (Wildman–Crippen MR) is 185 cm³/mol. The summed E-state index contributed by atoms with van der Waals surface area (Å²) in [5, 5.41) is 18.6. The molecule has 2 unspecified atom stereocenters. The van der Waals surface area contributed by atoms with E-state index in [0.29, 0.717) is 24.1 Å². The molecule has 1 fully saturated rings. The Hall–Kier alpha value is -3.68. The molecule has 1 aliphatic carbocycles. The Labute approximate surface area is 275 Å². The van der Waals surface area contributed by atoms with Crippen molar-refractivity contribution in [2.45, 2.75) is 109 Å². The Balaban J connectivity index is 1.55. The van der Waals surface area contributed by atoms with Gasteiger partial charge < -0.3 is 25.4 Å². The summed E-state index contributed by atoms with van der Waals surface area (Å²) in [4.78, 5) is 29.3. The van der Waals surface area contributed by atoms with Crippen LogP contribution >= 0.6 is 0 Å². The molecular weight excluding hydrogens is 574 g/mol. The zero-order valence-electron chi connectivity index (χ0n) is 28.3. The van der Waals surface area contributed by atoms with Crippen LogP contribution in [0.15, 0.2) is 78.9 Å². The molecule has 0 aliphatic heterocycles. The summed E-state index contributed by atoms with van der Waals surface area (Å²) < 4.78 is 5.53. The number of aliphatic hydroxyl groups is 1. The Morgan fingerprint density at radius 2 is 1.52 bits per heavy atom. The van der Waals surface area contributed by atoms with E-state index < -0.39 is 12.1 Å². The first-order valence-corrected chi connectivity index (χ1v) is 17.1. The third kappa shape index (κ3) is 8.77. The van der Waals surface area contributed by atoms with E-state index in [4.69, 9.17) is 4.74 Å². The molecule has 4 atom stereocenters. The van der Waals surface area contributed by atoms with Crippen molar-refractivity contribution in [2.24, 2.45) is 0 Å². The molecule has 1 aliphatic rings. The monoisotopic (exact) mass is 627 g/mol. The summed E-state index contributed by atoms with van der Waals surface area (Å²) in [7, 11) is 1.68. The molecule has 3 aromatic rings. The number of rotatable bonds is 15. The molecule has 7 heteroatoms. The minimum absolute atomic E-state index is 0.0706. The molecule has 0 radical (unpaired) electrons. The van der Waals surface area contributed by atoms with E-state index in [1.165, 1.54) is 6.42 Å². The number of hydrogen-bond acceptors (Lipinski definition) is 5. The van der Waals surface area contributed by atoms with Crippen LogP contribution in [0, 0.1) is 0 Å². The molecule has 0 bridgehead atoms. The Morgan fingerprint density at radius 1 is 0.870 bits per heavy atom. The molecule has 0 saturated heterocycles. The number of methoxy groups -OCH3 is 1. The van der Waals surface area contributed by atoms with E-state index >= 15 is 0 Å². The van der Waals surface area contributed by atoms with Crippen LogP contribution < -0.4 is 15.4 Å². The second kappa shape index (κ2) is 16.8. The number of nitrogens with one attached hydrogen (secondary N) is 2. The van der Waals surface area contributed by atoms with Crippen molar-refractivity contribution in [3.63, 3.8) is 0 Å². The lowest BCUT2D eigenvalue weighted by molar-refractivity contribution is 0.0598. The fourth-order valence-corrected chi connectivity index (χ4v) is 6.66. The van der Waals surface area contributed by atoms with Crippen LogP contribution in [-0.4, -0.2) is 59.7 Å². The first kappa shape index (κ1) is 35.2. The standard InChI is InChI=1S/C39H53N3O4/c1-6-28(3)42(29(4)7-2)38(45)32-19-14-18-31(25-32)37(44)41-35(24-30-16-10-8-11-17-30)36(43)27-40-39(22-12-9-13-23-39)33-20-15-21-34(26-33)46-5/h8,10-11,14-21,25-26,28-29,35-36,40,43H,6-7,9,12-13,22-24,27H2,1-5H3,(H,41,44)/t28?,29?,35-,36-/m1/s1. The van der Waals surface area contributed by atoms with Gasteiger partial charge in [0.25, 0.3) is 11.8 Å². The molecule has 3 N–H and O–H groups in total. The van der Waals surface area contributed by atoms with Crippen LogP contribution in [0.3, 0.4) is 0 Å². The Kier molecular flexibility index (Phi) is 12.8. The summed E-state index contributed by atoms with van der Waals surface area (Å²) in [6, 6.07) is 24.7. The third-order valence-electron chi connectivity index (χ3n) is 9.80. The fourth-order valence-electron chi connectivity index (χ4n) is 6.66. The topological polar surface area (TPSA) is 90.9 Å². The van der Waals surface area contributed by atoms with Gasteiger partial charge in [0.15, 0.2) is 0 Å². The van der Waals surface area contributed by atoms with Crippen molar-refractivity contribution in [3.8, 4) is 5.75 Å².